The van der Waals surface area contributed by atoms with E-state index in [9.17, 15) is 21.6 Å². The van der Waals surface area contributed by atoms with Crippen LogP contribution in [-0.2, 0) is 36.0 Å². The molecule has 0 saturated carbocycles. The van der Waals surface area contributed by atoms with Gasteiger partial charge < -0.3 is 5.32 Å². The Morgan fingerprint density at radius 3 is 2.37 bits per heavy atom. The molecule has 0 aromatic heterocycles. The smallest absolute Gasteiger partial charge is 0.261 e. The monoisotopic (exact) mass is 451 g/mol. The fourth-order valence-corrected chi connectivity index (χ4v) is 5.26. The second-order valence-electron chi connectivity index (χ2n) is 8.09. The summed E-state index contributed by atoms with van der Waals surface area (Å²) in [7, 11) is -4.54. The zero-order valence-electron chi connectivity index (χ0n) is 17.5. The van der Waals surface area contributed by atoms with E-state index in [-0.39, 0.29) is 22.2 Å². The summed E-state index contributed by atoms with van der Waals surface area (Å²) in [5, 5.41) is 2.81. The highest BCUT2D eigenvalue weighted by Crippen LogP contribution is 2.40. The predicted molar refractivity (Wildman–Crippen MR) is 116 cm³/mol. The summed E-state index contributed by atoms with van der Waals surface area (Å²) < 4.78 is 53.9. The summed E-state index contributed by atoms with van der Waals surface area (Å²) in [4.78, 5) is 12.3. The number of hydrogen-bond donors (Lipinski definition) is 2. The Balaban J connectivity index is 1.94. The van der Waals surface area contributed by atoms with Crippen LogP contribution < -0.4 is 10.0 Å². The Kier molecular flexibility index (Phi) is 5.46. The standard InChI is InChI=1S/C20H25N3O5S2/c1-13-9-16(11-17-18(13)21-19(24)20(17,2)3)30(27,28)22-15-8-6-7-14(10-15)12-29(25,26)23(4)5/h6-11,22H,12H2,1-5H3,(H,21,24). The molecule has 0 fully saturated rings. The van der Waals surface area contributed by atoms with E-state index in [1.54, 1.807) is 39.0 Å². The molecule has 10 heteroatoms. The predicted octanol–water partition coefficient (Wildman–Crippen LogP) is 2.42. The van der Waals surface area contributed by atoms with Crippen LogP contribution in [0.2, 0.25) is 0 Å². The van der Waals surface area contributed by atoms with E-state index in [1.807, 2.05) is 0 Å². The van der Waals surface area contributed by atoms with Gasteiger partial charge >= 0.3 is 0 Å². The van der Waals surface area contributed by atoms with Crippen molar-refractivity contribution >= 4 is 37.3 Å². The molecule has 0 saturated heterocycles. The van der Waals surface area contributed by atoms with E-state index < -0.39 is 25.5 Å². The Labute approximate surface area is 177 Å². The quantitative estimate of drug-likeness (QED) is 0.700. The van der Waals surface area contributed by atoms with Gasteiger partial charge in [-0.25, -0.2) is 21.1 Å². The molecule has 1 aliphatic heterocycles. The highest BCUT2D eigenvalue weighted by molar-refractivity contribution is 7.92. The molecule has 2 aromatic rings. The number of hydrogen-bond acceptors (Lipinski definition) is 5. The summed E-state index contributed by atoms with van der Waals surface area (Å²) in [5.74, 6) is -0.423. The second-order valence-corrected chi connectivity index (χ2v) is 12.0. The van der Waals surface area contributed by atoms with Crippen molar-refractivity contribution in [2.24, 2.45) is 0 Å². The van der Waals surface area contributed by atoms with Gasteiger partial charge in [0.2, 0.25) is 15.9 Å². The molecule has 0 spiro atoms. The van der Waals surface area contributed by atoms with Crippen LogP contribution in [-0.4, -0.2) is 41.1 Å². The molecule has 1 amide bonds. The van der Waals surface area contributed by atoms with E-state index >= 15 is 0 Å². The number of nitrogens with zero attached hydrogens (tertiary/aromatic N) is 1. The first-order chi connectivity index (χ1) is 13.7. The van der Waals surface area contributed by atoms with Crippen LogP contribution in [0.5, 0.6) is 0 Å². The Morgan fingerprint density at radius 1 is 1.07 bits per heavy atom. The van der Waals surface area contributed by atoms with Gasteiger partial charge in [0.1, 0.15) is 0 Å². The minimum atomic E-state index is -3.95. The third kappa shape index (κ3) is 4.07. The van der Waals surface area contributed by atoms with Gasteiger partial charge in [-0.2, -0.15) is 0 Å². The molecule has 3 rings (SSSR count). The van der Waals surface area contributed by atoms with Gasteiger partial charge in [-0.1, -0.05) is 12.1 Å². The Hall–Kier alpha value is -2.43. The SMILES string of the molecule is Cc1cc(S(=O)(=O)Nc2cccc(CS(=O)(=O)N(C)C)c2)cc2c1NC(=O)C2(C)C. The number of carbonyl (C=O) groups excluding carboxylic acids is 1. The molecule has 0 aliphatic carbocycles. The lowest BCUT2D eigenvalue weighted by atomic mass is 9.85. The van der Waals surface area contributed by atoms with Crippen molar-refractivity contribution in [3.8, 4) is 0 Å². The normalized spacial score (nSPS) is 15.7. The Morgan fingerprint density at radius 2 is 1.73 bits per heavy atom. The summed E-state index contributed by atoms with van der Waals surface area (Å²) >= 11 is 0. The average molecular weight is 452 g/mol. The van der Waals surface area contributed by atoms with Crippen LogP contribution in [0.15, 0.2) is 41.3 Å². The van der Waals surface area contributed by atoms with Gasteiger partial charge in [-0.3, -0.25) is 9.52 Å². The number of amides is 1. The van der Waals surface area contributed by atoms with Gasteiger partial charge in [-0.05, 0) is 61.7 Å². The van der Waals surface area contributed by atoms with Crippen molar-refractivity contribution in [2.45, 2.75) is 36.8 Å². The number of benzene rings is 2. The minimum absolute atomic E-state index is 0.0367. The van der Waals surface area contributed by atoms with Crippen LogP contribution in [0.3, 0.4) is 0 Å². The molecule has 162 valence electrons. The van der Waals surface area contributed by atoms with Gasteiger partial charge in [0.05, 0.1) is 16.1 Å². The summed E-state index contributed by atoms with van der Waals surface area (Å²) in [6, 6.07) is 9.27. The van der Waals surface area contributed by atoms with E-state index in [1.165, 1.54) is 32.3 Å². The lowest BCUT2D eigenvalue weighted by molar-refractivity contribution is -0.119. The van der Waals surface area contributed by atoms with Crippen LogP contribution in [0.25, 0.3) is 0 Å². The topological polar surface area (TPSA) is 113 Å². The molecule has 0 atom stereocenters. The molecule has 2 aromatic carbocycles. The molecule has 1 heterocycles. The van der Waals surface area contributed by atoms with E-state index in [0.717, 1.165) is 4.31 Å². The average Bonchev–Trinajstić information content (AvgIpc) is 2.84. The molecule has 1 aliphatic rings. The second kappa shape index (κ2) is 7.36. The highest BCUT2D eigenvalue weighted by Gasteiger charge is 2.40. The number of rotatable bonds is 6. The first-order valence-electron chi connectivity index (χ1n) is 9.22. The third-order valence-electron chi connectivity index (χ3n) is 5.18. The lowest BCUT2D eigenvalue weighted by Crippen LogP contribution is -2.27. The van der Waals surface area contributed by atoms with Crippen molar-refractivity contribution < 1.29 is 21.6 Å². The highest BCUT2D eigenvalue weighted by atomic mass is 32.2. The molecule has 0 radical (unpaired) electrons. The maximum atomic E-state index is 13.0. The maximum Gasteiger partial charge on any atom is 0.261 e. The fraction of sp³-hybridized carbons (Fsp3) is 0.350. The number of fused-ring (bicyclic) bond motifs is 1. The van der Waals surface area contributed by atoms with Gasteiger partial charge in [-0.15, -0.1) is 0 Å². The summed E-state index contributed by atoms with van der Waals surface area (Å²) in [6.07, 6.45) is 0. The third-order valence-corrected chi connectivity index (χ3v) is 8.36. The van der Waals surface area contributed by atoms with E-state index in [0.29, 0.717) is 22.4 Å². The van der Waals surface area contributed by atoms with E-state index in [2.05, 4.69) is 10.0 Å². The first-order valence-corrected chi connectivity index (χ1v) is 12.3. The van der Waals surface area contributed by atoms with Gasteiger partial charge in [0.15, 0.2) is 0 Å². The number of nitrogens with one attached hydrogen (secondary N) is 2. The van der Waals surface area contributed by atoms with Crippen LogP contribution >= 0.6 is 0 Å². The van der Waals surface area contributed by atoms with Crippen molar-refractivity contribution in [1.29, 1.82) is 0 Å². The number of sulfonamides is 2. The first kappa shape index (κ1) is 22.3. The molecule has 0 bridgehead atoms. The summed E-state index contributed by atoms with van der Waals surface area (Å²) in [6.45, 7) is 5.23. The number of anilines is 2. The van der Waals surface area contributed by atoms with Crippen molar-refractivity contribution in [2.75, 3.05) is 24.1 Å². The molecular formula is C20H25N3O5S2. The molecular weight excluding hydrogens is 426 g/mol. The number of aryl methyl sites for hydroxylation is 1. The zero-order chi connectivity index (χ0) is 22.5. The van der Waals surface area contributed by atoms with Crippen molar-refractivity contribution in [3.63, 3.8) is 0 Å². The largest absolute Gasteiger partial charge is 0.325 e. The van der Waals surface area contributed by atoms with Crippen LogP contribution in [0.1, 0.15) is 30.5 Å². The van der Waals surface area contributed by atoms with Gasteiger partial charge in [0.25, 0.3) is 10.0 Å². The maximum absolute atomic E-state index is 13.0. The lowest BCUT2D eigenvalue weighted by Gasteiger charge is -2.17. The number of carbonyl (C=O) groups is 1. The molecule has 0 unspecified atom stereocenters. The molecule has 30 heavy (non-hydrogen) atoms. The fourth-order valence-electron chi connectivity index (χ4n) is 3.24. The summed E-state index contributed by atoms with van der Waals surface area (Å²) in [5.41, 5.74) is 1.79. The van der Waals surface area contributed by atoms with Gasteiger partial charge in [0, 0.05) is 25.5 Å². The van der Waals surface area contributed by atoms with Crippen LogP contribution in [0, 0.1) is 6.92 Å². The Bertz CT molecular complexity index is 1230. The molecule has 2 N–H and O–H groups in total. The zero-order valence-corrected chi connectivity index (χ0v) is 19.1. The van der Waals surface area contributed by atoms with Crippen LogP contribution in [0.4, 0.5) is 11.4 Å². The minimum Gasteiger partial charge on any atom is -0.325 e. The van der Waals surface area contributed by atoms with Crippen molar-refractivity contribution in [1.82, 2.24) is 4.31 Å². The molecule has 8 nitrogen and oxygen atoms in total. The van der Waals surface area contributed by atoms with E-state index in [4.69, 9.17) is 0 Å². The van der Waals surface area contributed by atoms with Crippen molar-refractivity contribution in [3.05, 3.63) is 53.1 Å².